The summed E-state index contributed by atoms with van der Waals surface area (Å²) >= 11 is 4.42. The van der Waals surface area contributed by atoms with E-state index in [0.717, 1.165) is 24.0 Å². The lowest BCUT2D eigenvalue weighted by molar-refractivity contribution is 0.301. The summed E-state index contributed by atoms with van der Waals surface area (Å²) in [6.07, 6.45) is 0. The van der Waals surface area contributed by atoms with Crippen molar-refractivity contribution in [3.63, 3.8) is 0 Å². The van der Waals surface area contributed by atoms with E-state index in [-0.39, 0.29) is 5.82 Å². The quantitative estimate of drug-likeness (QED) is 0.531. The Morgan fingerprint density at radius 3 is 2.36 bits per heavy atom. The zero-order valence-corrected chi connectivity index (χ0v) is 15.4. The highest BCUT2D eigenvalue weighted by Crippen LogP contribution is 2.32. The molecule has 0 aliphatic heterocycles. The van der Waals surface area contributed by atoms with Crippen LogP contribution in [0.2, 0.25) is 0 Å². The summed E-state index contributed by atoms with van der Waals surface area (Å²) in [7, 11) is 0. The van der Waals surface area contributed by atoms with Gasteiger partial charge in [-0.3, -0.25) is 0 Å². The summed E-state index contributed by atoms with van der Waals surface area (Å²) in [4.78, 5) is 0. The Kier molecular flexibility index (Phi) is 4.86. The molecule has 0 atom stereocenters. The molecule has 5 nitrogen and oxygen atoms in total. The maximum absolute atomic E-state index is 12.9. The van der Waals surface area contributed by atoms with E-state index in [1.165, 1.54) is 12.1 Å². The van der Waals surface area contributed by atoms with E-state index in [1.54, 1.807) is 12.1 Å². The molecule has 2 aromatic carbocycles. The summed E-state index contributed by atoms with van der Waals surface area (Å²) in [5.74, 6) is 1.08. The predicted octanol–water partition coefficient (Wildman–Crippen LogP) is 3.79. The molecule has 22 heavy (non-hydrogen) atoms. The van der Waals surface area contributed by atoms with E-state index < -0.39 is 0 Å². The fourth-order valence-electron chi connectivity index (χ4n) is 1.85. The van der Waals surface area contributed by atoms with Gasteiger partial charge in [0.15, 0.2) is 0 Å². The standard InChI is InChI=1S/C14H9FI2N4O/c15-10-3-1-8(2-4-10)7-22-13-11(16)5-9(6-12(13)17)14-18-20-21-19-14/h1-6H,7H2,(H,18,19,20,21). The average Bonchev–Trinajstić information content (AvgIpc) is 3.02. The summed E-state index contributed by atoms with van der Waals surface area (Å²) in [5, 5.41) is 13.9. The number of halogens is 3. The molecule has 1 heterocycles. The molecule has 0 saturated carbocycles. The van der Waals surface area contributed by atoms with Crippen molar-refractivity contribution in [2.75, 3.05) is 0 Å². The van der Waals surface area contributed by atoms with E-state index in [4.69, 9.17) is 4.74 Å². The van der Waals surface area contributed by atoms with Crippen LogP contribution < -0.4 is 4.74 Å². The zero-order valence-electron chi connectivity index (χ0n) is 11.1. The molecule has 8 heteroatoms. The Hall–Kier alpha value is -1.30. The maximum Gasteiger partial charge on any atom is 0.204 e. The molecule has 1 N–H and O–H groups in total. The van der Waals surface area contributed by atoms with Crippen molar-refractivity contribution in [3.05, 3.63) is 54.9 Å². The van der Waals surface area contributed by atoms with Crippen LogP contribution in [0.4, 0.5) is 4.39 Å². The summed E-state index contributed by atoms with van der Waals surface area (Å²) < 4.78 is 20.7. The first kappa shape index (κ1) is 15.6. The first-order valence-corrected chi connectivity index (χ1v) is 8.39. The first-order valence-electron chi connectivity index (χ1n) is 6.23. The van der Waals surface area contributed by atoms with Gasteiger partial charge in [0.2, 0.25) is 5.82 Å². The van der Waals surface area contributed by atoms with Crippen molar-refractivity contribution in [1.82, 2.24) is 20.6 Å². The Bertz CT molecular complexity index is 755. The average molecular weight is 522 g/mol. The van der Waals surface area contributed by atoms with Gasteiger partial charge in [-0.05, 0) is 80.2 Å². The van der Waals surface area contributed by atoms with Crippen LogP contribution in [-0.4, -0.2) is 20.6 Å². The van der Waals surface area contributed by atoms with E-state index in [0.29, 0.717) is 12.4 Å². The Morgan fingerprint density at radius 1 is 1.09 bits per heavy atom. The number of tetrazole rings is 1. The number of aromatic amines is 1. The summed E-state index contributed by atoms with van der Waals surface area (Å²) in [6.45, 7) is 0.383. The van der Waals surface area contributed by atoms with Gasteiger partial charge in [0, 0.05) is 5.56 Å². The van der Waals surface area contributed by atoms with Gasteiger partial charge in [-0.2, -0.15) is 5.21 Å². The van der Waals surface area contributed by atoms with Crippen molar-refractivity contribution in [2.45, 2.75) is 6.61 Å². The SMILES string of the molecule is Fc1ccc(COc2c(I)cc(-c3nn[nH]n3)cc2I)cc1. The number of benzene rings is 2. The van der Waals surface area contributed by atoms with E-state index in [1.807, 2.05) is 12.1 Å². The third kappa shape index (κ3) is 3.54. The molecular formula is C14H9FI2N4O. The van der Waals surface area contributed by atoms with E-state index in [2.05, 4.69) is 65.8 Å². The number of hydrogen-bond donors (Lipinski definition) is 1. The van der Waals surface area contributed by atoms with Crippen LogP contribution in [0.1, 0.15) is 5.56 Å². The predicted molar refractivity (Wildman–Crippen MR) is 95.8 cm³/mol. The van der Waals surface area contributed by atoms with Gasteiger partial charge in [0.05, 0.1) is 7.14 Å². The minimum Gasteiger partial charge on any atom is -0.487 e. The second kappa shape index (κ2) is 6.86. The van der Waals surface area contributed by atoms with Gasteiger partial charge in [0.25, 0.3) is 0 Å². The number of aromatic nitrogens is 4. The van der Waals surface area contributed by atoms with Gasteiger partial charge in [-0.25, -0.2) is 4.39 Å². The van der Waals surface area contributed by atoms with Crippen LogP contribution in [0.25, 0.3) is 11.4 Å². The third-order valence-electron chi connectivity index (χ3n) is 2.90. The molecule has 0 spiro atoms. The molecule has 0 aliphatic carbocycles. The monoisotopic (exact) mass is 522 g/mol. The van der Waals surface area contributed by atoms with Gasteiger partial charge >= 0.3 is 0 Å². The van der Waals surface area contributed by atoms with Crippen LogP contribution in [0.3, 0.4) is 0 Å². The fourth-order valence-corrected chi connectivity index (χ4v) is 3.93. The lowest BCUT2D eigenvalue weighted by atomic mass is 10.2. The van der Waals surface area contributed by atoms with E-state index in [9.17, 15) is 4.39 Å². The normalized spacial score (nSPS) is 10.7. The van der Waals surface area contributed by atoms with Gasteiger partial charge in [0.1, 0.15) is 18.2 Å². The van der Waals surface area contributed by atoms with Gasteiger partial charge in [-0.1, -0.05) is 12.1 Å². The maximum atomic E-state index is 12.9. The molecule has 3 aromatic rings. The second-order valence-electron chi connectivity index (χ2n) is 4.42. The molecule has 1 aromatic heterocycles. The number of ether oxygens (including phenoxy) is 1. The number of nitrogens with one attached hydrogen (secondary N) is 1. The van der Waals surface area contributed by atoms with Crippen LogP contribution in [0.15, 0.2) is 36.4 Å². The Labute approximate surface area is 152 Å². The molecule has 0 amide bonds. The van der Waals surface area contributed by atoms with Crippen molar-refractivity contribution in [2.24, 2.45) is 0 Å². The van der Waals surface area contributed by atoms with Crippen molar-refractivity contribution < 1.29 is 9.13 Å². The molecular weight excluding hydrogens is 513 g/mol. The largest absolute Gasteiger partial charge is 0.487 e. The molecule has 0 aliphatic rings. The third-order valence-corrected chi connectivity index (χ3v) is 4.50. The number of nitrogens with zero attached hydrogens (tertiary/aromatic N) is 3. The lowest BCUT2D eigenvalue weighted by Crippen LogP contribution is -2.00. The molecule has 0 unspecified atom stereocenters. The zero-order chi connectivity index (χ0) is 15.5. The van der Waals surface area contributed by atoms with E-state index >= 15 is 0 Å². The van der Waals surface area contributed by atoms with Crippen LogP contribution in [0, 0.1) is 13.0 Å². The van der Waals surface area contributed by atoms with Gasteiger partial charge < -0.3 is 4.74 Å². The molecule has 112 valence electrons. The highest BCUT2D eigenvalue weighted by molar-refractivity contribution is 14.1. The Morgan fingerprint density at radius 2 is 1.77 bits per heavy atom. The highest BCUT2D eigenvalue weighted by Gasteiger charge is 2.12. The smallest absolute Gasteiger partial charge is 0.204 e. The number of hydrogen-bond acceptors (Lipinski definition) is 4. The topological polar surface area (TPSA) is 63.7 Å². The summed E-state index contributed by atoms with van der Waals surface area (Å²) in [6, 6.07) is 10.1. The lowest BCUT2D eigenvalue weighted by Gasteiger charge is -2.11. The van der Waals surface area contributed by atoms with Crippen molar-refractivity contribution in [3.8, 4) is 17.1 Å². The minimum absolute atomic E-state index is 0.252. The van der Waals surface area contributed by atoms with Gasteiger partial charge in [-0.15, -0.1) is 10.2 Å². The summed E-state index contributed by atoms with van der Waals surface area (Å²) in [5.41, 5.74) is 1.78. The van der Waals surface area contributed by atoms with Crippen molar-refractivity contribution >= 4 is 45.2 Å². The van der Waals surface area contributed by atoms with Crippen molar-refractivity contribution in [1.29, 1.82) is 0 Å². The number of H-pyrrole nitrogens is 1. The number of rotatable bonds is 4. The minimum atomic E-state index is -0.252. The second-order valence-corrected chi connectivity index (χ2v) is 6.74. The molecule has 0 bridgehead atoms. The molecule has 0 fully saturated rings. The first-order chi connectivity index (χ1) is 10.6. The molecule has 0 radical (unpaired) electrons. The fraction of sp³-hybridized carbons (Fsp3) is 0.0714. The Balaban J connectivity index is 1.80. The molecule has 0 saturated heterocycles. The molecule has 3 rings (SSSR count). The van der Waals surface area contributed by atoms with Crippen LogP contribution >= 0.6 is 45.2 Å². The highest BCUT2D eigenvalue weighted by atomic mass is 127. The van der Waals surface area contributed by atoms with Crippen LogP contribution in [-0.2, 0) is 6.61 Å². The van der Waals surface area contributed by atoms with Crippen LogP contribution in [0.5, 0.6) is 5.75 Å².